The van der Waals surface area contributed by atoms with Crippen LogP contribution in [0.4, 0.5) is 0 Å². The SMILES string of the molecule is C[SH+]C(C)c1ccc2c(c1)c(-c1cnn(C)c1)nn2C. The van der Waals surface area contributed by atoms with Crippen molar-refractivity contribution in [2.45, 2.75) is 12.2 Å². The number of thiol groups is 1. The molecule has 20 heavy (non-hydrogen) atoms. The summed E-state index contributed by atoms with van der Waals surface area (Å²) in [5.74, 6) is 0. The Morgan fingerprint density at radius 1 is 1.25 bits per heavy atom. The van der Waals surface area contributed by atoms with Gasteiger partial charge < -0.3 is 0 Å². The van der Waals surface area contributed by atoms with E-state index in [0.717, 1.165) is 16.8 Å². The van der Waals surface area contributed by atoms with Gasteiger partial charge in [0.2, 0.25) is 0 Å². The van der Waals surface area contributed by atoms with E-state index in [2.05, 4.69) is 41.6 Å². The first-order valence-corrected chi connectivity index (χ1v) is 8.06. The fourth-order valence-corrected chi connectivity index (χ4v) is 2.91. The van der Waals surface area contributed by atoms with Crippen LogP contribution >= 0.6 is 0 Å². The summed E-state index contributed by atoms with van der Waals surface area (Å²) in [6.45, 7) is 2.25. The summed E-state index contributed by atoms with van der Waals surface area (Å²) in [7, 11) is 3.92. The maximum Gasteiger partial charge on any atom is 0.137 e. The molecule has 3 rings (SSSR count). The number of hydrogen-bond donors (Lipinski definition) is 0. The molecule has 0 spiro atoms. The van der Waals surface area contributed by atoms with E-state index >= 15 is 0 Å². The van der Waals surface area contributed by atoms with Crippen molar-refractivity contribution in [3.63, 3.8) is 0 Å². The first-order valence-electron chi connectivity index (χ1n) is 6.64. The number of rotatable bonds is 3. The summed E-state index contributed by atoms with van der Waals surface area (Å²) >= 11 is 1.38. The van der Waals surface area contributed by atoms with E-state index in [1.54, 1.807) is 0 Å². The van der Waals surface area contributed by atoms with Crippen LogP contribution in [0.3, 0.4) is 0 Å². The highest BCUT2D eigenvalue weighted by Gasteiger charge is 2.16. The number of fused-ring (bicyclic) bond motifs is 1. The summed E-state index contributed by atoms with van der Waals surface area (Å²) in [5, 5.41) is 10.7. The molecule has 0 aliphatic heterocycles. The molecule has 0 saturated carbocycles. The molecular weight excluding hydrogens is 268 g/mol. The maximum atomic E-state index is 4.66. The monoisotopic (exact) mass is 287 g/mol. The molecule has 0 aliphatic carbocycles. The zero-order valence-electron chi connectivity index (χ0n) is 12.2. The molecule has 0 N–H and O–H groups in total. The van der Waals surface area contributed by atoms with Gasteiger partial charge in [-0.15, -0.1) is 0 Å². The van der Waals surface area contributed by atoms with Gasteiger partial charge in [-0.2, -0.15) is 10.2 Å². The minimum Gasteiger partial charge on any atom is -0.275 e. The van der Waals surface area contributed by atoms with E-state index in [9.17, 15) is 0 Å². The van der Waals surface area contributed by atoms with Crippen molar-refractivity contribution < 1.29 is 0 Å². The van der Waals surface area contributed by atoms with Gasteiger partial charge in [0.15, 0.2) is 0 Å². The molecule has 1 aromatic carbocycles. The van der Waals surface area contributed by atoms with E-state index in [-0.39, 0.29) is 0 Å². The number of benzene rings is 1. The van der Waals surface area contributed by atoms with Gasteiger partial charge in [-0.3, -0.25) is 9.36 Å². The van der Waals surface area contributed by atoms with E-state index in [1.165, 1.54) is 22.7 Å². The molecule has 104 valence electrons. The Morgan fingerprint density at radius 2 is 2.05 bits per heavy atom. The Hall–Kier alpha value is -1.75. The fraction of sp³-hybridized carbons (Fsp3) is 0.333. The highest BCUT2D eigenvalue weighted by atomic mass is 32.2. The van der Waals surface area contributed by atoms with Gasteiger partial charge in [0.25, 0.3) is 0 Å². The van der Waals surface area contributed by atoms with E-state index in [1.807, 2.05) is 35.9 Å². The topological polar surface area (TPSA) is 35.6 Å². The smallest absolute Gasteiger partial charge is 0.137 e. The van der Waals surface area contributed by atoms with Crippen LogP contribution < -0.4 is 0 Å². The molecule has 0 amide bonds. The molecular formula is C15H19N4S+. The molecule has 4 nitrogen and oxygen atoms in total. The lowest BCUT2D eigenvalue weighted by atomic mass is 10.1. The predicted octanol–water partition coefficient (Wildman–Crippen LogP) is 2.48. The Labute approximate surface area is 122 Å². The molecule has 3 aromatic rings. The van der Waals surface area contributed by atoms with Crippen molar-refractivity contribution in [3.8, 4) is 11.3 Å². The van der Waals surface area contributed by atoms with E-state index in [4.69, 9.17) is 0 Å². The first kappa shape index (κ1) is 13.2. The van der Waals surface area contributed by atoms with Crippen LogP contribution in [0.15, 0.2) is 30.6 Å². The number of aryl methyl sites for hydroxylation is 2. The van der Waals surface area contributed by atoms with Crippen LogP contribution in [0, 0.1) is 0 Å². The van der Waals surface area contributed by atoms with Crippen LogP contribution in [0.1, 0.15) is 17.7 Å². The van der Waals surface area contributed by atoms with Crippen LogP contribution in [0.25, 0.3) is 22.2 Å². The minimum absolute atomic E-state index is 0.543. The van der Waals surface area contributed by atoms with Gasteiger partial charge in [0.1, 0.15) is 10.9 Å². The summed E-state index contributed by atoms with van der Waals surface area (Å²) in [5.41, 5.74) is 4.60. The van der Waals surface area contributed by atoms with Crippen molar-refractivity contribution in [1.82, 2.24) is 19.6 Å². The fourth-order valence-electron chi connectivity index (χ4n) is 2.45. The van der Waals surface area contributed by atoms with E-state index in [0.29, 0.717) is 5.25 Å². The normalized spacial score (nSPS) is 13.0. The van der Waals surface area contributed by atoms with Crippen LogP contribution in [0.5, 0.6) is 0 Å². The van der Waals surface area contributed by atoms with Gasteiger partial charge in [-0.05, 0) is 30.8 Å². The molecule has 5 heteroatoms. The van der Waals surface area contributed by atoms with Crippen molar-refractivity contribution in [2.75, 3.05) is 6.26 Å². The van der Waals surface area contributed by atoms with Crippen molar-refractivity contribution >= 4 is 22.7 Å². The Kier molecular flexibility index (Phi) is 3.30. The lowest BCUT2D eigenvalue weighted by Crippen LogP contribution is -1.94. The van der Waals surface area contributed by atoms with Gasteiger partial charge >= 0.3 is 0 Å². The molecule has 0 aliphatic rings. The average molecular weight is 287 g/mol. The highest BCUT2D eigenvalue weighted by molar-refractivity contribution is 7.78. The first-order chi connectivity index (χ1) is 9.60. The highest BCUT2D eigenvalue weighted by Crippen LogP contribution is 2.30. The Bertz CT molecular complexity index is 756. The molecule has 0 bridgehead atoms. The summed E-state index contributed by atoms with van der Waals surface area (Å²) in [6.07, 6.45) is 6.08. The summed E-state index contributed by atoms with van der Waals surface area (Å²) in [4.78, 5) is 0. The molecule has 2 heterocycles. The Morgan fingerprint density at radius 3 is 2.70 bits per heavy atom. The molecule has 0 fully saturated rings. The predicted molar refractivity (Wildman–Crippen MR) is 86.0 cm³/mol. The van der Waals surface area contributed by atoms with Crippen molar-refractivity contribution in [3.05, 3.63) is 36.2 Å². The quantitative estimate of drug-likeness (QED) is 0.548. The second-order valence-electron chi connectivity index (χ2n) is 5.09. The number of hydrogen-bond acceptors (Lipinski definition) is 2. The number of nitrogens with zero attached hydrogens (tertiary/aromatic N) is 4. The average Bonchev–Trinajstić information content (AvgIpc) is 3.02. The molecule has 1 atom stereocenters. The zero-order chi connectivity index (χ0) is 14.3. The van der Waals surface area contributed by atoms with Gasteiger partial charge in [0, 0.05) is 36.8 Å². The summed E-state index contributed by atoms with van der Waals surface area (Å²) < 4.78 is 3.75. The molecule has 2 aromatic heterocycles. The summed E-state index contributed by atoms with van der Waals surface area (Å²) in [6, 6.07) is 6.64. The molecule has 1 unspecified atom stereocenters. The minimum atomic E-state index is 0.543. The lowest BCUT2D eigenvalue weighted by Gasteiger charge is -2.03. The maximum absolute atomic E-state index is 4.66. The largest absolute Gasteiger partial charge is 0.275 e. The van der Waals surface area contributed by atoms with Gasteiger partial charge in [0.05, 0.1) is 18.0 Å². The van der Waals surface area contributed by atoms with Crippen LogP contribution in [-0.2, 0) is 25.9 Å². The third-order valence-corrected chi connectivity index (χ3v) is 4.80. The second kappa shape index (κ2) is 4.98. The van der Waals surface area contributed by atoms with Gasteiger partial charge in [-0.25, -0.2) is 0 Å². The lowest BCUT2D eigenvalue weighted by molar-refractivity contribution is 0.767. The Balaban J connectivity index is 2.21. The molecule has 0 saturated heterocycles. The van der Waals surface area contributed by atoms with Crippen molar-refractivity contribution in [2.24, 2.45) is 14.1 Å². The molecule has 0 radical (unpaired) electrons. The zero-order valence-corrected chi connectivity index (χ0v) is 13.1. The van der Waals surface area contributed by atoms with Crippen LogP contribution in [-0.4, -0.2) is 25.8 Å². The van der Waals surface area contributed by atoms with Gasteiger partial charge in [-0.1, -0.05) is 6.07 Å². The third-order valence-electron chi connectivity index (χ3n) is 3.72. The number of aromatic nitrogens is 4. The standard InChI is InChI=1S/C15H18N4S/c1-10(20-4)11-5-6-14-13(7-11)15(17-19(14)3)12-8-16-18(2)9-12/h5-10H,1-4H3/p+1. The van der Waals surface area contributed by atoms with E-state index < -0.39 is 0 Å². The third kappa shape index (κ3) is 2.12. The van der Waals surface area contributed by atoms with Crippen LogP contribution in [0.2, 0.25) is 0 Å². The van der Waals surface area contributed by atoms with Crippen molar-refractivity contribution in [1.29, 1.82) is 0 Å². The second-order valence-corrected chi connectivity index (χ2v) is 6.38.